The van der Waals surface area contributed by atoms with Gasteiger partial charge in [-0.3, -0.25) is 4.79 Å². The van der Waals surface area contributed by atoms with Gasteiger partial charge in [-0.1, -0.05) is 19.1 Å². The molecule has 2 atom stereocenters. The number of hydrogen-bond donors (Lipinski definition) is 2. The Morgan fingerprint density at radius 3 is 2.89 bits per heavy atom. The van der Waals surface area contributed by atoms with E-state index >= 15 is 0 Å². The topological polar surface area (TPSA) is 73.6 Å². The van der Waals surface area contributed by atoms with Crippen LogP contribution in [0.3, 0.4) is 0 Å². The molecule has 18 heavy (non-hydrogen) atoms. The van der Waals surface area contributed by atoms with Gasteiger partial charge in [0, 0.05) is 12.6 Å². The maximum absolute atomic E-state index is 12.0. The number of carbonyl (C=O) groups excluding carboxylic acids is 1. The molecule has 1 aliphatic heterocycles. The Bertz CT molecular complexity index is 418. The Morgan fingerprint density at radius 1 is 1.50 bits per heavy atom. The summed E-state index contributed by atoms with van der Waals surface area (Å²) in [6.07, 6.45) is 0.187. The molecular weight excluding hydrogens is 232 g/mol. The van der Waals surface area contributed by atoms with Gasteiger partial charge in [-0.25, -0.2) is 0 Å². The number of benzene rings is 1. The van der Waals surface area contributed by atoms with Crippen LogP contribution in [-0.4, -0.2) is 31.2 Å². The zero-order chi connectivity index (χ0) is 13.0. The third kappa shape index (κ3) is 2.73. The molecule has 0 fully saturated rings. The minimum atomic E-state index is -0.611. The average Bonchev–Trinajstić information content (AvgIpc) is 2.44. The lowest BCUT2D eigenvalue weighted by Gasteiger charge is -2.27. The number of fused-ring (bicyclic) bond motifs is 1. The van der Waals surface area contributed by atoms with Crippen molar-refractivity contribution in [3.63, 3.8) is 0 Å². The Hall–Kier alpha value is -1.75. The summed E-state index contributed by atoms with van der Waals surface area (Å²) in [5, 5.41) is 2.85. The quantitative estimate of drug-likeness (QED) is 0.824. The van der Waals surface area contributed by atoms with Crippen molar-refractivity contribution in [1.29, 1.82) is 0 Å². The molecule has 0 bridgehead atoms. The number of amides is 1. The van der Waals surface area contributed by atoms with Crippen molar-refractivity contribution in [1.82, 2.24) is 5.32 Å². The number of rotatable bonds is 4. The lowest BCUT2D eigenvalue weighted by Crippen LogP contribution is -2.49. The molecular formula is C13H18N2O3. The van der Waals surface area contributed by atoms with Gasteiger partial charge in [0.2, 0.25) is 6.10 Å². The molecule has 1 aromatic carbocycles. The number of nitrogens with two attached hydrogens (primary N) is 1. The molecule has 0 spiro atoms. The fraction of sp³-hybridized carbons (Fsp3) is 0.462. The van der Waals surface area contributed by atoms with E-state index in [0.29, 0.717) is 18.0 Å². The highest BCUT2D eigenvalue weighted by Crippen LogP contribution is 2.30. The molecule has 3 N–H and O–H groups in total. The third-order valence-corrected chi connectivity index (χ3v) is 2.92. The van der Waals surface area contributed by atoms with E-state index in [1.165, 1.54) is 0 Å². The molecule has 0 aromatic heterocycles. The predicted octanol–water partition coefficient (Wildman–Crippen LogP) is 0.680. The van der Waals surface area contributed by atoms with Crippen LogP contribution in [0.25, 0.3) is 0 Å². The number of hydrogen-bond acceptors (Lipinski definition) is 4. The van der Waals surface area contributed by atoms with Gasteiger partial charge in [0.1, 0.15) is 6.61 Å². The van der Waals surface area contributed by atoms with Gasteiger partial charge in [-0.15, -0.1) is 0 Å². The summed E-state index contributed by atoms with van der Waals surface area (Å²) in [5.41, 5.74) is 5.55. The van der Waals surface area contributed by atoms with E-state index in [1.807, 2.05) is 25.1 Å². The summed E-state index contributed by atoms with van der Waals surface area (Å²) in [7, 11) is 0. The molecule has 1 heterocycles. The Morgan fingerprint density at radius 2 is 2.22 bits per heavy atom. The summed E-state index contributed by atoms with van der Waals surface area (Å²) in [5.74, 6) is 1.10. The molecule has 1 amide bonds. The number of nitrogens with one attached hydrogen (secondary N) is 1. The molecule has 1 aromatic rings. The van der Waals surface area contributed by atoms with E-state index in [4.69, 9.17) is 15.2 Å². The van der Waals surface area contributed by atoms with Crippen molar-refractivity contribution in [2.24, 2.45) is 5.73 Å². The minimum Gasteiger partial charge on any atom is -0.485 e. The summed E-state index contributed by atoms with van der Waals surface area (Å²) in [6, 6.07) is 7.30. The molecule has 0 radical (unpaired) electrons. The van der Waals surface area contributed by atoms with Crippen molar-refractivity contribution >= 4 is 5.91 Å². The van der Waals surface area contributed by atoms with Crippen LogP contribution in [0.1, 0.15) is 13.3 Å². The van der Waals surface area contributed by atoms with Gasteiger partial charge in [0.15, 0.2) is 11.5 Å². The van der Waals surface area contributed by atoms with Gasteiger partial charge < -0.3 is 20.5 Å². The molecule has 0 saturated carbocycles. The van der Waals surface area contributed by atoms with E-state index in [0.717, 1.165) is 6.42 Å². The van der Waals surface area contributed by atoms with Crippen molar-refractivity contribution in [2.75, 3.05) is 13.2 Å². The van der Waals surface area contributed by atoms with E-state index in [9.17, 15) is 4.79 Å². The molecule has 0 saturated heterocycles. The summed E-state index contributed by atoms with van der Waals surface area (Å²) in [4.78, 5) is 12.0. The lowest BCUT2D eigenvalue weighted by atomic mass is 10.2. The third-order valence-electron chi connectivity index (χ3n) is 2.92. The van der Waals surface area contributed by atoms with Crippen LogP contribution in [0.4, 0.5) is 0 Å². The summed E-state index contributed by atoms with van der Waals surface area (Å²) in [6.45, 7) is 2.63. The second kappa shape index (κ2) is 5.73. The fourth-order valence-electron chi connectivity index (χ4n) is 1.77. The molecule has 1 aliphatic rings. The molecule has 2 rings (SSSR count). The van der Waals surface area contributed by atoms with Crippen molar-refractivity contribution < 1.29 is 14.3 Å². The normalized spacial score (nSPS) is 19.1. The number of para-hydroxylation sites is 2. The SMILES string of the molecule is CCC(CN)NC(=O)C1COc2ccccc2O1. The number of ether oxygens (including phenoxy) is 2. The smallest absolute Gasteiger partial charge is 0.264 e. The Kier molecular flexibility index (Phi) is 4.04. The predicted molar refractivity (Wildman–Crippen MR) is 67.6 cm³/mol. The van der Waals surface area contributed by atoms with Crippen molar-refractivity contribution in [2.45, 2.75) is 25.5 Å². The second-order valence-corrected chi connectivity index (χ2v) is 4.21. The molecule has 0 aliphatic carbocycles. The Labute approximate surface area is 106 Å². The monoisotopic (exact) mass is 250 g/mol. The molecule has 5 nitrogen and oxygen atoms in total. The first-order chi connectivity index (χ1) is 8.74. The summed E-state index contributed by atoms with van der Waals surface area (Å²) < 4.78 is 11.1. The highest BCUT2D eigenvalue weighted by Gasteiger charge is 2.28. The fourth-order valence-corrected chi connectivity index (χ4v) is 1.77. The zero-order valence-electron chi connectivity index (χ0n) is 10.4. The minimum absolute atomic E-state index is 0.0155. The van der Waals surface area contributed by atoms with Crippen LogP contribution < -0.4 is 20.5 Å². The van der Waals surface area contributed by atoms with Crippen LogP contribution in [0.2, 0.25) is 0 Å². The average molecular weight is 250 g/mol. The molecule has 2 unspecified atom stereocenters. The van der Waals surface area contributed by atoms with E-state index in [-0.39, 0.29) is 18.6 Å². The maximum Gasteiger partial charge on any atom is 0.264 e. The molecule has 5 heteroatoms. The van der Waals surface area contributed by atoms with Gasteiger partial charge in [-0.05, 0) is 18.6 Å². The number of carbonyl (C=O) groups is 1. The maximum atomic E-state index is 12.0. The second-order valence-electron chi connectivity index (χ2n) is 4.21. The van der Waals surface area contributed by atoms with E-state index in [1.54, 1.807) is 6.07 Å². The summed E-state index contributed by atoms with van der Waals surface area (Å²) >= 11 is 0. The molecule has 98 valence electrons. The van der Waals surface area contributed by atoms with Gasteiger partial charge in [0.25, 0.3) is 5.91 Å². The van der Waals surface area contributed by atoms with Crippen LogP contribution in [0.15, 0.2) is 24.3 Å². The van der Waals surface area contributed by atoms with Crippen LogP contribution in [0, 0.1) is 0 Å². The highest BCUT2D eigenvalue weighted by molar-refractivity contribution is 5.82. The van der Waals surface area contributed by atoms with Crippen LogP contribution >= 0.6 is 0 Å². The van der Waals surface area contributed by atoms with Gasteiger partial charge >= 0.3 is 0 Å². The first kappa shape index (κ1) is 12.7. The highest BCUT2D eigenvalue weighted by atomic mass is 16.6. The standard InChI is InChI=1S/C13H18N2O3/c1-2-9(7-14)15-13(16)12-8-17-10-5-3-4-6-11(10)18-12/h3-6,9,12H,2,7-8,14H2,1H3,(H,15,16). The zero-order valence-corrected chi connectivity index (χ0v) is 10.4. The first-order valence-corrected chi connectivity index (χ1v) is 6.13. The van der Waals surface area contributed by atoms with Crippen molar-refractivity contribution in [3.8, 4) is 11.5 Å². The van der Waals surface area contributed by atoms with Crippen molar-refractivity contribution in [3.05, 3.63) is 24.3 Å². The first-order valence-electron chi connectivity index (χ1n) is 6.13. The van der Waals surface area contributed by atoms with Crippen LogP contribution in [0.5, 0.6) is 11.5 Å². The lowest BCUT2D eigenvalue weighted by molar-refractivity contribution is -0.131. The largest absolute Gasteiger partial charge is 0.485 e. The van der Waals surface area contributed by atoms with Gasteiger partial charge in [0.05, 0.1) is 0 Å². The van der Waals surface area contributed by atoms with E-state index < -0.39 is 6.10 Å². The van der Waals surface area contributed by atoms with E-state index in [2.05, 4.69) is 5.32 Å². The van der Waals surface area contributed by atoms with Gasteiger partial charge in [-0.2, -0.15) is 0 Å². The van der Waals surface area contributed by atoms with Crippen LogP contribution in [-0.2, 0) is 4.79 Å². The Balaban J connectivity index is 1.98.